The van der Waals surface area contributed by atoms with Gasteiger partial charge in [-0.25, -0.2) is 9.07 Å². The Morgan fingerprint density at radius 1 is 0.934 bits per heavy atom. The molecule has 20 atom stereocenters. The van der Waals surface area contributed by atoms with Gasteiger partial charge < -0.3 is 72.6 Å². The molecular formula is C55H89FN6O14. The predicted molar refractivity (Wildman–Crippen MR) is 278 cm³/mol. The van der Waals surface area contributed by atoms with Gasteiger partial charge in [-0.1, -0.05) is 55.4 Å². The highest BCUT2D eigenvalue weighted by atomic mass is 19.1. The molecule has 3 aromatic rings. The topological polar surface area (TPSA) is 235 Å². The van der Waals surface area contributed by atoms with Gasteiger partial charge in [-0.05, 0) is 98.9 Å². The number of ether oxygens (including phenoxy) is 8. The number of likely N-dealkylation sites (N-methyl/N-ethyl adjacent to an activating group) is 2. The Morgan fingerprint density at radius 2 is 1.62 bits per heavy atom. The maximum absolute atomic E-state index is 14.9. The highest BCUT2D eigenvalue weighted by Gasteiger charge is 2.53. The molecule has 3 saturated heterocycles. The van der Waals surface area contributed by atoms with Gasteiger partial charge >= 0.3 is 5.97 Å². The van der Waals surface area contributed by atoms with Crippen LogP contribution in [0.2, 0.25) is 0 Å². The number of nitrogens with zero attached hydrogens (tertiary/aromatic N) is 6. The van der Waals surface area contributed by atoms with Crippen LogP contribution in [0.3, 0.4) is 0 Å². The fourth-order valence-corrected chi connectivity index (χ4v) is 11.9. The number of alkyl halides is 1. The van der Waals surface area contributed by atoms with Crippen LogP contribution >= 0.6 is 0 Å². The lowest BCUT2D eigenvalue weighted by atomic mass is 9.77. The van der Waals surface area contributed by atoms with E-state index in [-0.39, 0.29) is 24.9 Å². The zero-order valence-corrected chi connectivity index (χ0v) is 47.4. The second-order valence-corrected chi connectivity index (χ2v) is 22.7. The molecule has 1 aromatic carbocycles. The van der Waals surface area contributed by atoms with Crippen molar-refractivity contribution in [3.63, 3.8) is 0 Å². The monoisotopic (exact) mass is 1080 g/mol. The van der Waals surface area contributed by atoms with E-state index in [2.05, 4.69) is 22.4 Å². The Bertz CT molecular complexity index is 2250. The zero-order chi connectivity index (χ0) is 56.0. The van der Waals surface area contributed by atoms with Crippen LogP contribution in [-0.4, -0.2) is 202 Å². The van der Waals surface area contributed by atoms with Crippen molar-refractivity contribution in [2.45, 2.75) is 204 Å². The maximum atomic E-state index is 14.9. The number of aromatic nitrogens is 4. The molecular weight excluding hydrogens is 988 g/mol. The molecule has 20 nitrogen and oxygen atoms in total. The summed E-state index contributed by atoms with van der Waals surface area (Å²) in [6, 6.07) is 5.76. The van der Waals surface area contributed by atoms with Crippen molar-refractivity contribution in [1.82, 2.24) is 30.0 Å². The average molecular weight is 1080 g/mol. The Morgan fingerprint density at radius 3 is 2.22 bits per heavy atom. The molecule has 76 heavy (non-hydrogen) atoms. The minimum atomic E-state index is -1.83. The molecule has 0 radical (unpaired) electrons. The summed E-state index contributed by atoms with van der Waals surface area (Å²) >= 11 is 0. The van der Waals surface area contributed by atoms with E-state index in [1.54, 1.807) is 53.5 Å². The smallest absolute Gasteiger partial charge is 0.311 e. The second-order valence-electron chi connectivity index (χ2n) is 22.7. The number of aliphatic hydroxyl groups excluding tert-OH is 3. The quantitative estimate of drug-likeness (QED) is 0.125. The number of carbonyl (C=O) groups is 1. The zero-order valence-electron chi connectivity index (χ0n) is 47.4. The average Bonchev–Trinajstić information content (AvgIpc) is 4.12. The Labute approximate surface area is 448 Å². The number of benzene rings is 1. The lowest BCUT2D eigenvalue weighted by Crippen LogP contribution is -2.61. The summed E-state index contributed by atoms with van der Waals surface area (Å²) in [6.45, 7) is 18.3. The van der Waals surface area contributed by atoms with Crippen molar-refractivity contribution in [3.05, 3.63) is 54.2 Å². The van der Waals surface area contributed by atoms with Crippen molar-refractivity contribution >= 4 is 5.97 Å². The van der Waals surface area contributed by atoms with Crippen molar-refractivity contribution in [2.24, 2.45) is 17.8 Å². The van der Waals surface area contributed by atoms with E-state index in [4.69, 9.17) is 42.4 Å². The van der Waals surface area contributed by atoms with Crippen molar-refractivity contribution in [1.29, 1.82) is 0 Å². The molecule has 0 bridgehead atoms. The van der Waals surface area contributed by atoms with Gasteiger partial charge in [0.15, 0.2) is 12.6 Å². The summed E-state index contributed by atoms with van der Waals surface area (Å²) in [6.07, 6.45) is -3.86. The van der Waals surface area contributed by atoms with Gasteiger partial charge in [0.1, 0.15) is 55.1 Å². The molecule has 3 fully saturated rings. The van der Waals surface area contributed by atoms with E-state index in [0.717, 1.165) is 16.7 Å². The maximum Gasteiger partial charge on any atom is 0.311 e. The number of methoxy groups -OCH3 is 3. The third kappa shape index (κ3) is 13.7. The number of hydrogen-bond acceptors (Lipinski definition) is 19. The summed E-state index contributed by atoms with van der Waals surface area (Å²) in [7, 11) is 8.44. The number of esters is 1. The van der Waals surface area contributed by atoms with Gasteiger partial charge in [-0.2, -0.15) is 0 Å². The standard InChI is InChI=1S/C55H89FN6O14/c1-16-43-55(10,67)48(64)35(6)61(12)28-31(2)24-54(9,70-15)50(33(4)46(34(5)51(66)74-43)75-44-25-53(8,69-14)49(65)36(7)73-44)76-52-45(63)41(23-32(3)72-52)60(11)22-21-40-29-62(59-58-40)42(26-56)47(68-13)38-19-17-37(18-20-38)39-27-57-71-30-39/h17-20,27,29-36,41-50,52,63-65,67H,16,21-26,28H2,1-15H3/t31-,32-,33+,34-,35-,36+,41+,42-,43-,44+,45-,46+,47-,48-,49+,50-,52+,53-,54-,55-/m1/s1. The molecule has 0 saturated carbocycles. The van der Waals surface area contributed by atoms with Crippen LogP contribution in [0.4, 0.5) is 4.39 Å². The Kier molecular flexibility index (Phi) is 21.2. The number of cyclic esters (lactones) is 1. The third-order valence-electron chi connectivity index (χ3n) is 16.9. The molecule has 0 spiro atoms. The fourth-order valence-electron chi connectivity index (χ4n) is 11.9. The molecule has 21 heteroatoms. The van der Waals surface area contributed by atoms with Crippen molar-refractivity contribution in [2.75, 3.05) is 55.2 Å². The normalized spacial score (nSPS) is 38.5. The van der Waals surface area contributed by atoms with Crippen LogP contribution < -0.4 is 0 Å². The summed E-state index contributed by atoms with van der Waals surface area (Å²) in [5.74, 6) is -2.52. The van der Waals surface area contributed by atoms with Crippen LogP contribution in [0.5, 0.6) is 0 Å². The largest absolute Gasteiger partial charge is 0.459 e. The molecule has 0 unspecified atom stereocenters. The van der Waals surface area contributed by atoms with Gasteiger partial charge in [-0.15, -0.1) is 5.10 Å². The fraction of sp³-hybridized carbons (Fsp3) is 0.782. The van der Waals surface area contributed by atoms with Gasteiger partial charge in [0.2, 0.25) is 0 Å². The first kappa shape index (κ1) is 61.7. The number of aliphatic hydroxyl groups is 4. The minimum Gasteiger partial charge on any atom is -0.459 e. The highest BCUT2D eigenvalue weighted by molar-refractivity contribution is 5.73. The Hall–Kier alpha value is -3.55. The molecule has 3 aliphatic rings. The minimum absolute atomic E-state index is 0.0906. The molecule has 2 aromatic heterocycles. The van der Waals surface area contributed by atoms with Gasteiger partial charge in [0.05, 0.1) is 53.4 Å². The summed E-state index contributed by atoms with van der Waals surface area (Å²) in [5, 5.41) is 59.8. The van der Waals surface area contributed by atoms with Crippen LogP contribution in [-0.2, 0) is 49.1 Å². The van der Waals surface area contributed by atoms with Gasteiger partial charge in [0, 0.05) is 77.0 Å². The molecule has 4 N–H and O–H groups in total. The summed E-state index contributed by atoms with van der Waals surface area (Å²) in [4.78, 5) is 18.6. The first-order chi connectivity index (χ1) is 35.9. The van der Waals surface area contributed by atoms with E-state index in [9.17, 15) is 29.6 Å². The van der Waals surface area contributed by atoms with E-state index in [1.165, 1.54) is 25.8 Å². The number of halogens is 1. The first-order valence-corrected chi connectivity index (χ1v) is 26.9. The van der Waals surface area contributed by atoms with Crippen LogP contribution in [0, 0.1) is 17.8 Å². The van der Waals surface area contributed by atoms with Crippen LogP contribution in [0.15, 0.2) is 47.4 Å². The van der Waals surface area contributed by atoms with E-state index in [0.29, 0.717) is 38.0 Å². The van der Waals surface area contributed by atoms with Crippen molar-refractivity contribution < 1.29 is 72.0 Å². The number of rotatable bonds is 17. The Balaban J connectivity index is 1.28. The highest BCUT2D eigenvalue weighted by Crippen LogP contribution is 2.42. The summed E-state index contributed by atoms with van der Waals surface area (Å²) < 4.78 is 72.6. The van der Waals surface area contributed by atoms with E-state index >= 15 is 0 Å². The first-order valence-electron chi connectivity index (χ1n) is 26.9. The molecule has 0 amide bonds. The van der Waals surface area contributed by atoms with Crippen LogP contribution in [0.1, 0.15) is 118 Å². The predicted octanol–water partition coefficient (Wildman–Crippen LogP) is 5.31. The molecule has 6 rings (SSSR count). The molecule has 5 heterocycles. The SMILES string of the molecule is CC[C@H]1OC(=O)[C@H](C)[C@@H](O[C@H]2C[C@@](C)(OC)[C@@H](O)[C@H](C)O2)[C@H](C)[C@@H](O[C@@H]2O[C@H](C)C[C@H](N(C)CCc3cn([C@H](CF)[C@H](OC)c4ccc(-c5cnoc5)cc4)nn3)[C@H]2O)[C@](C)(OC)C[C@@H](C)CN(C)[C@H](C)[C@@H](O)[C@]1(C)O. The van der Waals surface area contributed by atoms with E-state index in [1.807, 2.05) is 75.9 Å². The molecule has 3 aliphatic heterocycles. The second kappa shape index (κ2) is 26.2. The lowest BCUT2D eigenvalue weighted by molar-refractivity contribution is -0.319. The van der Waals surface area contributed by atoms with Gasteiger partial charge in [0.25, 0.3) is 0 Å². The molecule has 0 aliphatic carbocycles. The number of carbonyl (C=O) groups excluding carboxylic acids is 1. The lowest BCUT2D eigenvalue weighted by Gasteiger charge is -2.49. The van der Waals surface area contributed by atoms with Crippen LogP contribution in [0.25, 0.3) is 11.1 Å². The summed E-state index contributed by atoms with van der Waals surface area (Å²) in [5.41, 5.74) is -0.907. The van der Waals surface area contributed by atoms with Crippen molar-refractivity contribution in [3.8, 4) is 11.1 Å². The molecule has 430 valence electrons. The van der Waals surface area contributed by atoms with Gasteiger partial charge in [-0.3, -0.25) is 4.79 Å². The number of hydrogen-bond donors (Lipinski definition) is 4. The third-order valence-corrected chi connectivity index (χ3v) is 16.9. The van der Waals surface area contributed by atoms with E-state index < -0.39 is 121 Å².